The van der Waals surface area contributed by atoms with E-state index >= 15 is 0 Å². The molecule has 6 nitrogen and oxygen atoms in total. The van der Waals surface area contributed by atoms with Gasteiger partial charge in [0.25, 0.3) is 5.91 Å². The number of carbonyl (C=O) groups is 1. The third kappa shape index (κ3) is 4.80. The molecule has 1 fully saturated rings. The van der Waals surface area contributed by atoms with Crippen molar-refractivity contribution < 1.29 is 35.5 Å². The second kappa shape index (κ2) is 8.22. The second-order valence-electron chi connectivity index (χ2n) is 6.19. The Kier molecular flexibility index (Phi) is 6.19. The number of ether oxygens (including phenoxy) is 1. The number of hydrogen-bond acceptors (Lipinski definition) is 4. The predicted octanol–water partition coefficient (Wildman–Crippen LogP) is 4.62. The van der Waals surface area contributed by atoms with E-state index in [4.69, 9.17) is 27.9 Å². The summed E-state index contributed by atoms with van der Waals surface area (Å²) in [4.78, 5) is 12.1. The summed E-state index contributed by atoms with van der Waals surface area (Å²) in [5.41, 5.74) is -1.73. The van der Waals surface area contributed by atoms with Gasteiger partial charge in [-0.15, -0.1) is 0 Å². The fraction of sp³-hybridized carbons (Fsp3) is 0.235. The number of carbonyl (C=O) groups excluding carboxylic acids is 1. The van der Waals surface area contributed by atoms with Crippen molar-refractivity contribution in [1.82, 2.24) is 9.03 Å². The van der Waals surface area contributed by atoms with Gasteiger partial charge in [0.15, 0.2) is 0 Å². The summed E-state index contributed by atoms with van der Waals surface area (Å²) in [5.74, 6) is -2.85. The number of amides is 1. The zero-order chi connectivity index (χ0) is 22.3. The first-order valence-electron chi connectivity index (χ1n) is 8.24. The minimum absolute atomic E-state index is 0.160. The molecule has 1 N–H and O–H groups in total. The lowest BCUT2D eigenvalue weighted by atomic mass is 10.2. The summed E-state index contributed by atoms with van der Waals surface area (Å²) in [6.07, 6.45) is -4.01. The number of alkyl halides is 3. The topological polar surface area (TPSA) is 75.7 Å². The van der Waals surface area contributed by atoms with Crippen LogP contribution in [0.2, 0.25) is 10.0 Å². The molecular weight excluding hydrogens is 475 g/mol. The van der Waals surface area contributed by atoms with E-state index in [-0.39, 0.29) is 29.6 Å². The van der Waals surface area contributed by atoms with E-state index in [9.17, 15) is 30.8 Å². The van der Waals surface area contributed by atoms with Crippen LogP contribution in [0.3, 0.4) is 0 Å². The van der Waals surface area contributed by atoms with Gasteiger partial charge < -0.3 is 4.74 Å². The Balaban J connectivity index is 1.81. The number of nitrogens with one attached hydrogen (secondary N) is 1. The van der Waals surface area contributed by atoms with Crippen LogP contribution in [0.15, 0.2) is 30.3 Å². The first-order valence-corrected chi connectivity index (χ1v) is 10.4. The molecule has 3 rings (SSSR count). The molecular formula is C17H12Cl2F4N2O4S. The monoisotopic (exact) mass is 486 g/mol. The average Bonchev–Trinajstić information content (AvgIpc) is 2.54. The van der Waals surface area contributed by atoms with Crippen molar-refractivity contribution in [2.45, 2.75) is 12.6 Å². The van der Waals surface area contributed by atoms with Gasteiger partial charge in [-0.25, -0.2) is 9.11 Å². The van der Waals surface area contributed by atoms with E-state index < -0.39 is 44.3 Å². The van der Waals surface area contributed by atoms with Gasteiger partial charge in [-0.05, 0) is 24.6 Å². The summed E-state index contributed by atoms with van der Waals surface area (Å²) in [6, 6.07) is 4.07. The summed E-state index contributed by atoms with van der Waals surface area (Å²) < 4.78 is 84.6. The second-order valence-corrected chi connectivity index (χ2v) is 8.68. The molecule has 1 heterocycles. The van der Waals surface area contributed by atoms with Crippen LogP contribution in [-0.2, 0) is 16.4 Å². The molecule has 0 aromatic heterocycles. The summed E-state index contributed by atoms with van der Waals surface area (Å²) in [7, 11) is -4.09. The minimum atomic E-state index is -4.66. The molecule has 13 heteroatoms. The van der Waals surface area contributed by atoms with Crippen LogP contribution in [-0.4, -0.2) is 31.7 Å². The van der Waals surface area contributed by atoms with E-state index in [0.717, 1.165) is 22.5 Å². The van der Waals surface area contributed by atoms with Crippen LogP contribution in [0.25, 0.3) is 0 Å². The maximum Gasteiger partial charge on any atom is 0.417 e. The van der Waals surface area contributed by atoms with E-state index in [1.54, 1.807) is 4.72 Å². The Morgan fingerprint density at radius 2 is 1.77 bits per heavy atom. The quantitative estimate of drug-likeness (QED) is 0.625. The molecule has 0 unspecified atom stereocenters. The smallest absolute Gasteiger partial charge is 0.417 e. The molecule has 0 bridgehead atoms. The van der Waals surface area contributed by atoms with E-state index in [0.29, 0.717) is 18.6 Å². The highest BCUT2D eigenvalue weighted by Gasteiger charge is 2.33. The fourth-order valence-corrected chi connectivity index (χ4v) is 4.15. The highest BCUT2D eigenvalue weighted by molar-refractivity contribution is 7.87. The molecule has 30 heavy (non-hydrogen) atoms. The molecule has 2 aromatic carbocycles. The SMILES string of the molecule is O=C(NS(=O)(=O)N1CCC1)c1cc(Cl)c(Oc2ccc(C(F)(F)F)c(Cl)c2)cc1F. The Morgan fingerprint density at radius 3 is 2.30 bits per heavy atom. The summed E-state index contributed by atoms with van der Waals surface area (Å²) >= 11 is 11.6. The number of halogens is 6. The maximum absolute atomic E-state index is 14.4. The molecule has 0 saturated carbocycles. The number of benzene rings is 2. The van der Waals surface area contributed by atoms with Crippen LogP contribution in [0, 0.1) is 5.82 Å². The maximum atomic E-state index is 14.4. The third-order valence-corrected chi connectivity index (χ3v) is 6.21. The van der Waals surface area contributed by atoms with E-state index in [2.05, 4.69) is 0 Å². The number of hydrogen-bond donors (Lipinski definition) is 1. The van der Waals surface area contributed by atoms with Crippen LogP contribution in [0.1, 0.15) is 22.3 Å². The molecule has 0 atom stereocenters. The van der Waals surface area contributed by atoms with Crippen molar-refractivity contribution in [3.05, 3.63) is 57.3 Å². The molecule has 1 aliphatic rings. The Labute approximate surface area is 178 Å². The highest BCUT2D eigenvalue weighted by Crippen LogP contribution is 2.38. The third-order valence-electron chi connectivity index (χ3n) is 4.12. The fourth-order valence-electron chi connectivity index (χ4n) is 2.46. The molecule has 0 aliphatic carbocycles. The Bertz CT molecular complexity index is 1110. The van der Waals surface area contributed by atoms with Gasteiger partial charge in [0.1, 0.15) is 17.3 Å². The lowest BCUT2D eigenvalue weighted by molar-refractivity contribution is -0.137. The molecule has 1 saturated heterocycles. The zero-order valence-electron chi connectivity index (χ0n) is 14.8. The van der Waals surface area contributed by atoms with Gasteiger partial charge in [-0.3, -0.25) is 4.79 Å². The van der Waals surface area contributed by atoms with Crippen molar-refractivity contribution in [1.29, 1.82) is 0 Å². The summed E-state index contributed by atoms with van der Waals surface area (Å²) in [6.45, 7) is 0.489. The largest absolute Gasteiger partial charge is 0.456 e. The van der Waals surface area contributed by atoms with Gasteiger partial charge in [-0.2, -0.15) is 25.9 Å². The Hall–Kier alpha value is -2.08. The standard InChI is InChI=1S/C17H12Cl2F4N2O4S/c18-12-6-9(2-3-11(12)17(21,22)23)29-15-8-14(20)10(7-13(15)19)16(26)24-30(27,28)25-4-1-5-25/h2-3,6-8H,1,4-5H2,(H,24,26). The molecule has 0 spiro atoms. The van der Waals surface area contributed by atoms with Crippen molar-refractivity contribution in [3.63, 3.8) is 0 Å². The predicted molar refractivity (Wildman–Crippen MR) is 101 cm³/mol. The van der Waals surface area contributed by atoms with Gasteiger partial charge in [0.05, 0.1) is 21.2 Å². The molecule has 162 valence electrons. The molecule has 1 aliphatic heterocycles. The number of rotatable bonds is 5. The Morgan fingerprint density at radius 1 is 1.10 bits per heavy atom. The number of nitrogens with zero attached hydrogens (tertiary/aromatic N) is 1. The zero-order valence-corrected chi connectivity index (χ0v) is 17.1. The van der Waals surface area contributed by atoms with Crippen LogP contribution >= 0.6 is 23.2 Å². The van der Waals surface area contributed by atoms with Gasteiger partial charge in [-0.1, -0.05) is 23.2 Å². The lowest BCUT2D eigenvalue weighted by Crippen LogP contribution is -2.49. The van der Waals surface area contributed by atoms with Crippen LogP contribution < -0.4 is 9.46 Å². The minimum Gasteiger partial charge on any atom is -0.456 e. The molecule has 2 aromatic rings. The van der Waals surface area contributed by atoms with Gasteiger partial charge in [0.2, 0.25) is 0 Å². The van der Waals surface area contributed by atoms with Crippen molar-refractivity contribution in [2.75, 3.05) is 13.1 Å². The van der Waals surface area contributed by atoms with E-state index in [1.165, 1.54) is 0 Å². The normalized spacial score (nSPS) is 14.9. The van der Waals surface area contributed by atoms with Gasteiger partial charge >= 0.3 is 16.4 Å². The van der Waals surface area contributed by atoms with Crippen LogP contribution in [0.5, 0.6) is 11.5 Å². The first kappa shape index (κ1) is 22.6. The lowest BCUT2D eigenvalue weighted by Gasteiger charge is -2.29. The van der Waals surface area contributed by atoms with Crippen LogP contribution in [0.4, 0.5) is 17.6 Å². The highest BCUT2D eigenvalue weighted by atomic mass is 35.5. The van der Waals surface area contributed by atoms with Crippen molar-refractivity contribution in [2.24, 2.45) is 0 Å². The molecule has 1 amide bonds. The first-order chi connectivity index (χ1) is 13.9. The molecule has 0 radical (unpaired) electrons. The van der Waals surface area contributed by atoms with Crippen molar-refractivity contribution >= 4 is 39.3 Å². The van der Waals surface area contributed by atoms with Gasteiger partial charge in [0, 0.05) is 25.2 Å². The average molecular weight is 487 g/mol. The van der Waals surface area contributed by atoms with Crippen molar-refractivity contribution in [3.8, 4) is 11.5 Å². The summed E-state index contributed by atoms with van der Waals surface area (Å²) in [5, 5.41) is -0.914. The van der Waals surface area contributed by atoms with E-state index in [1.807, 2.05) is 0 Å².